The maximum absolute atomic E-state index is 5.77. The van der Waals surface area contributed by atoms with Crippen LogP contribution in [0.4, 0.5) is 5.69 Å². The van der Waals surface area contributed by atoms with Gasteiger partial charge in [0.1, 0.15) is 5.75 Å². The molecule has 1 aliphatic rings. The normalized spacial score (nSPS) is 16.4. The molecular formula is C20H35IN4O3. The van der Waals surface area contributed by atoms with E-state index in [9.17, 15) is 0 Å². The molecule has 160 valence electrons. The first-order chi connectivity index (χ1) is 13.1. The number of anilines is 1. The number of halogens is 1. The van der Waals surface area contributed by atoms with Gasteiger partial charge >= 0.3 is 0 Å². The number of benzene rings is 1. The topological polar surface area (TPSA) is 67.4 Å². The highest BCUT2D eigenvalue weighted by atomic mass is 127. The molecule has 0 aromatic heterocycles. The Bertz CT molecular complexity index is 593. The summed E-state index contributed by atoms with van der Waals surface area (Å²) >= 11 is 0. The third-order valence-corrected chi connectivity index (χ3v) is 5.04. The Morgan fingerprint density at radius 2 is 2.00 bits per heavy atom. The third-order valence-electron chi connectivity index (χ3n) is 5.04. The summed E-state index contributed by atoms with van der Waals surface area (Å²) in [5.41, 5.74) is 1.03. The number of methoxy groups -OCH3 is 1. The Morgan fingerprint density at radius 3 is 2.64 bits per heavy atom. The van der Waals surface area contributed by atoms with E-state index >= 15 is 0 Å². The maximum atomic E-state index is 5.77. The number of ether oxygens (including phenoxy) is 3. The van der Waals surface area contributed by atoms with E-state index in [1.165, 1.54) is 0 Å². The lowest BCUT2D eigenvalue weighted by molar-refractivity contribution is -0.00491. The van der Waals surface area contributed by atoms with Crippen molar-refractivity contribution in [2.24, 2.45) is 4.99 Å². The number of rotatable bonds is 9. The van der Waals surface area contributed by atoms with Crippen LogP contribution in [0.5, 0.6) is 5.75 Å². The Morgan fingerprint density at radius 1 is 1.25 bits per heavy atom. The van der Waals surface area contributed by atoms with E-state index in [-0.39, 0.29) is 29.5 Å². The number of aliphatic imine (C=N–C) groups is 1. The zero-order chi connectivity index (χ0) is 19.5. The first-order valence-corrected chi connectivity index (χ1v) is 9.54. The summed E-state index contributed by atoms with van der Waals surface area (Å²) in [5, 5.41) is 6.82. The molecular weight excluding hydrogens is 471 g/mol. The lowest BCUT2D eigenvalue weighted by Crippen LogP contribution is -2.56. The summed E-state index contributed by atoms with van der Waals surface area (Å²) in [4.78, 5) is 6.66. The summed E-state index contributed by atoms with van der Waals surface area (Å²) in [6.45, 7) is 3.75. The zero-order valence-electron chi connectivity index (χ0n) is 17.5. The number of guanidine groups is 1. The van der Waals surface area contributed by atoms with Gasteiger partial charge in [0.15, 0.2) is 5.96 Å². The van der Waals surface area contributed by atoms with E-state index in [0.29, 0.717) is 13.2 Å². The van der Waals surface area contributed by atoms with Gasteiger partial charge in [0.05, 0.1) is 6.61 Å². The fourth-order valence-electron chi connectivity index (χ4n) is 3.15. The fraction of sp³-hybridized carbons (Fsp3) is 0.650. The fourth-order valence-corrected chi connectivity index (χ4v) is 3.15. The summed E-state index contributed by atoms with van der Waals surface area (Å²) in [6.07, 6.45) is 2.89. The molecule has 0 spiro atoms. The van der Waals surface area contributed by atoms with Crippen LogP contribution in [0.3, 0.4) is 0 Å². The summed E-state index contributed by atoms with van der Waals surface area (Å²) in [5.74, 6) is 1.58. The molecule has 0 amide bonds. The Hall–Kier alpha value is -1.10. The minimum atomic E-state index is 0. The number of hydrogen-bond acceptors (Lipinski definition) is 5. The molecule has 2 N–H and O–H groups in total. The van der Waals surface area contributed by atoms with Crippen LogP contribution in [-0.4, -0.2) is 77.6 Å². The first kappa shape index (κ1) is 24.9. The van der Waals surface area contributed by atoms with Crippen LogP contribution in [0.2, 0.25) is 0 Å². The Kier molecular flexibility index (Phi) is 11.7. The summed E-state index contributed by atoms with van der Waals surface area (Å²) in [7, 11) is 7.75. The van der Waals surface area contributed by atoms with Gasteiger partial charge in [-0.25, -0.2) is 0 Å². The van der Waals surface area contributed by atoms with Gasteiger partial charge in [-0.3, -0.25) is 4.99 Å². The molecule has 8 heteroatoms. The Labute approximate surface area is 186 Å². The summed E-state index contributed by atoms with van der Waals surface area (Å²) < 4.78 is 16.4. The lowest BCUT2D eigenvalue weighted by Gasteiger charge is -2.43. The smallest absolute Gasteiger partial charge is 0.195 e. The van der Waals surface area contributed by atoms with Crippen molar-refractivity contribution in [3.63, 3.8) is 0 Å². The molecule has 1 aromatic carbocycles. The average Bonchev–Trinajstić information content (AvgIpc) is 2.69. The quantitative estimate of drug-likeness (QED) is 0.233. The molecule has 0 radical (unpaired) electrons. The van der Waals surface area contributed by atoms with E-state index in [2.05, 4.69) is 34.6 Å². The monoisotopic (exact) mass is 506 g/mol. The second-order valence-corrected chi connectivity index (χ2v) is 7.00. The van der Waals surface area contributed by atoms with Crippen LogP contribution in [0.25, 0.3) is 0 Å². The van der Waals surface area contributed by atoms with Crippen LogP contribution >= 0.6 is 24.0 Å². The number of nitrogens with one attached hydrogen (secondary N) is 2. The highest BCUT2D eigenvalue weighted by molar-refractivity contribution is 14.0. The molecule has 2 rings (SSSR count). The van der Waals surface area contributed by atoms with Crippen molar-refractivity contribution in [3.8, 4) is 5.75 Å². The molecule has 0 unspecified atom stereocenters. The molecule has 7 nitrogen and oxygen atoms in total. The van der Waals surface area contributed by atoms with Crippen molar-refractivity contribution in [3.05, 3.63) is 24.3 Å². The lowest BCUT2D eigenvalue weighted by atomic mass is 9.88. The Balaban J connectivity index is 0.00000392. The molecule has 1 fully saturated rings. The van der Waals surface area contributed by atoms with Crippen LogP contribution in [0, 0.1) is 0 Å². The minimum Gasteiger partial charge on any atom is -0.493 e. The first-order valence-electron chi connectivity index (χ1n) is 9.54. The van der Waals surface area contributed by atoms with Gasteiger partial charge in [0.25, 0.3) is 0 Å². The molecule has 0 bridgehead atoms. The van der Waals surface area contributed by atoms with Gasteiger partial charge in [-0.1, -0.05) is 6.07 Å². The minimum absolute atomic E-state index is 0. The molecule has 0 atom stereocenters. The molecule has 28 heavy (non-hydrogen) atoms. The third kappa shape index (κ3) is 7.73. The molecule has 1 aromatic rings. The SMILES string of the molecule is CN=C(NCC1(N(C)C)CCOCC1)Nc1cccc(OCCCOC)c1.I. The van der Waals surface area contributed by atoms with Crippen molar-refractivity contribution >= 4 is 35.6 Å². The van der Waals surface area contributed by atoms with E-state index in [0.717, 1.165) is 56.4 Å². The molecule has 0 saturated carbocycles. The molecule has 1 aliphatic heterocycles. The van der Waals surface area contributed by atoms with Crippen LogP contribution in [0.15, 0.2) is 29.3 Å². The van der Waals surface area contributed by atoms with Crippen molar-refractivity contribution in [2.75, 3.05) is 66.5 Å². The van der Waals surface area contributed by atoms with E-state index < -0.39 is 0 Å². The average molecular weight is 506 g/mol. The number of hydrogen-bond donors (Lipinski definition) is 2. The predicted molar refractivity (Wildman–Crippen MR) is 125 cm³/mol. The van der Waals surface area contributed by atoms with Crippen LogP contribution in [-0.2, 0) is 9.47 Å². The van der Waals surface area contributed by atoms with Crippen LogP contribution < -0.4 is 15.4 Å². The standard InChI is InChI=1S/C20H34N4O3.HI/c1-21-19(22-16-20(24(2)3)9-13-26-14-10-20)23-17-7-5-8-18(15-17)27-12-6-11-25-4;/h5,7-8,15H,6,9-14,16H2,1-4H3,(H2,21,22,23);1H. The highest BCUT2D eigenvalue weighted by Gasteiger charge is 2.34. The van der Waals surface area contributed by atoms with Crippen molar-refractivity contribution < 1.29 is 14.2 Å². The molecule has 0 aliphatic carbocycles. The van der Waals surface area contributed by atoms with Gasteiger partial charge in [-0.15, -0.1) is 24.0 Å². The predicted octanol–water partition coefficient (Wildman–Crippen LogP) is 2.82. The van der Waals surface area contributed by atoms with Crippen LogP contribution in [0.1, 0.15) is 19.3 Å². The molecule has 1 saturated heterocycles. The largest absolute Gasteiger partial charge is 0.493 e. The molecule has 1 heterocycles. The number of nitrogens with zero attached hydrogens (tertiary/aromatic N) is 2. The van der Waals surface area contributed by atoms with Crippen molar-refractivity contribution in [2.45, 2.75) is 24.8 Å². The summed E-state index contributed by atoms with van der Waals surface area (Å²) in [6, 6.07) is 7.92. The van der Waals surface area contributed by atoms with Gasteiger partial charge in [-0.05, 0) is 39.1 Å². The van der Waals surface area contributed by atoms with E-state index in [1.54, 1.807) is 14.2 Å². The van der Waals surface area contributed by atoms with Gasteiger partial charge in [-0.2, -0.15) is 0 Å². The number of likely N-dealkylation sites (N-methyl/N-ethyl adjacent to an activating group) is 1. The second kappa shape index (κ2) is 13.2. The highest BCUT2D eigenvalue weighted by Crippen LogP contribution is 2.25. The van der Waals surface area contributed by atoms with Gasteiger partial charge < -0.3 is 29.7 Å². The van der Waals surface area contributed by atoms with Gasteiger partial charge in [0, 0.05) is 64.2 Å². The maximum Gasteiger partial charge on any atom is 0.195 e. The van der Waals surface area contributed by atoms with Crippen molar-refractivity contribution in [1.29, 1.82) is 0 Å². The van der Waals surface area contributed by atoms with Gasteiger partial charge in [0.2, 0.25) is 0 Å². The second-order valence-electron chi connectivity index (χ2n) is 7.00. The van der Waals surface area contributed by atoms with E-state index in [1.807, 2.05) is 24.3 Å². The zero-order valence-corrected chi connectivity index (χ0v) is 19.8. The van der Waals surface area contributed by atoms with E-state index in [4.69, 9.17) is 14.2 Å². The van der Waals surface area contributed by atoms with Crippen molar-refractivity contribution in [1.82, 2.24) is 10.2 Å².